The topological polar surface area (TPSA) is 78.7 Å². The van der Waals surface area contributed by atoms with Crippen molar-refractivity contribution in [2.24, 2.45) is 0 Å². The van der Waals surface area contributed by atoms with E-state index in [4.69, 9.17) is 4.52 Å². The van der Waals surface area contributed by atoms with E-state index in [1.54, 1.807) is 0 Å². The molecule has 1 aromatic heterocycles. The van der Waals surface area contributed by atoms with Crippen LogP contribution >= 0.6 is 0 Å². The molecule has 1 N–H and O–H groups in total. The van der Waals surface area contributed by atoms with Crippen LogP contribution in [0.3, 0.4) is 0 Å². The third kappa shape index (κ3) is 5.14. The van der Waals surface area contributed by atoms with Gasteiger partial charge in [0.1, 0.15) is 5.76 Å². The zero-order valence-corrected chi connectivity index (χ0v) is 19.4. The van der Waals surface area contributed by atoms with Crippen LogP contribution in [0.25, 0.3) is 11.1 Å². The van der Waals surface area contributed by atoms with Crippen molar-refractivity contribution in [2.45, 2.75) is 33.2 Å². The van der Waals surface area contributed by atoms with Gasteiger partial charge in [0.25, 0.3) is 0 Å². The largest absolute Gasteiger partial charge is 0.361 e. The molecule has 2 heterocycles. The molecule has 0 aliphatic carbocycles. The van der Waals surface area contributed by atoms with E-state index in [9.17, 15) is 9.59 Å². The Morgan fingerprint density at radius 1 is 1.00 bits per heavy atom. The number of nitrogens with zero attached hydrogens (tertiary/aromatic N) is 3. The van der Waals surface area contributed by atoms with Gasteiger partial charge in [-0.1, -0.05) is 53.7 Å². The van der Waals surface area contributed by atoms with Crippen LogP contribution in [-0.2, 0) is 16.0 Å². The fourth-order valence-electron chi connectivity index (χ4n) is 4.24. The lowest BCUT2D eigenvalue weighted by Gasteiger charge is -2.37. The van der Waals surface area contributed by atoms with Gasteiger partial charge >= 0.3 is 0 Å². The number of anilines is 1. The maximum absolute atomic E-state index is 13.0. The number of para-hydroxylation sites is 1. The number of aryl methyl sites for hydroxylation is 2. The SMILES string of the molecule is Cc1noc(C)c1CC(=O)N1CCN(C(C)C(=O)Nc2ccccc2-c2ccccc2)CC1. The number of hydrogen-bond donors (Lipinski definition) is 1. The van der Waals surface area contributed by atoms with Crippen molar-refractivity contribution in [3.63, 3.8) is 0 Å². The van der Waals surface area contributed by atoms with Gasteiger partial charge in [-0.25, -0.2) is 0 Å². The van der Waals surface area contributed by atoms with Gasteiger partial charge in [-0.2, -0.15) is 0 Å². The maximum atomic E-state index is 13.0. The minimum atomic E-state index is -0.298. The number of piperazine rings is 1. The summed E-state index contributed by atoms with van der Waals surface area (Å²) in [6.45, 7) is 8.11. The summed E-state index contributed by atoms with van der Waals surface area (Å²) in [4.78, 5) is 29.8. The number of hydrogen-bond acceptors (Lipinski definition) is 5. The van der Waals surface area contributed by atoms with Crippen LogP contribution in [0.4, 0.5) is 5.69 Å². The van der Waals surface area contributed by atoms with E-state index >= 15 is 0 Å². The molecule has 1 unspecified atom stereocenters. The predicted molar refractivity (Wildman–Crippen MR) is 128 cm³/mol. The summed E-state index contributed by atoms with van der Waals surface area (Å²) in [7, 11) is 0. The molecule has 1 atom stereocenters. The van der Waals surface area contributed by atoms with E-state index in [0.717, 1.165) is 28.1 Å². The molecule has 172 valence electrons. The van der Waals surface area contributed by atoms with Gasteiger partial charge < -0.3 is 14.7 Å². The molecule has 2 amide bonds. The van der Waals surface area contributed by atoms with E-state index in [2.05, 4.69) is 15.4 Å². The van der Waals surface area contributed by atoms with Gasteiger partial charge in [0, 0.05) is 43.0 Å². The fourth-order valence-corrected chi connectivity index (χ4v) is 4.24. The summed E-state index contributed by atoms with van der Waals surface area (Å²) < 4.78 is 5.17. The molecule has 0 bridgehead atoms. The number of aromatic nitrogens is 1. The molecule has 2 aromatic carbocycles. The Kier molecular flexibility index (Phi) is 6.89. The van der Waals surface area contributed by atoms with Crippen LogP contribution < -0.4 is 5.32 Å². The number of rotatable bonds is 6. The molecule has 1 saturated heterocycles. The van der Waals surface area contributed by atoms with E-state index in [1.165, 1.54) is 0 Å². The first-order valence-electron chi connectivity index (χ1n) is 11.3. The second-order valence-corrected chi connectivity index (χ2v) is 8.47. The number of nitrogens with one attached hydrogen (secondary N) is 1. The summed E-state index contributed by atoms with van der Waals surface area (Å²) >= 11 is 0. The zero-order chi connectivity index (χ0) is 23.4. The summed E-state index contributed by atoms with van der Waals surface area (Å²) in [5.74, 6) is 0.715. The van der Waals surface area contributed by atoms with Gasteiger partial charge in [-0.3, -0.25) is 14.5 Å². The molecular formula is C26H30N4O3. The first kappa shape index (κ1) is 22.7. The molecular weight excluding hydrogens is 416 g/mol. The Labute approximate surface area is 194 Å². The van der Waals surface area contributed by atoms with Gasteiger partial charge in [-0.05, 0) is 32.4 Å². The van der Waals surface area contributed by atoms with Crippen molar-refractivity contribution >= 4 is 17.5 Å². The normalized spacial score (nSPS) is 15.3. The van der Waals surface area contributed by atoms with E-state index < -0.39 is 0 Å². The molecule has 7 nitrogen and oxygen atoms in total. The van der Waals surface area contributed by atoms with Crippen LogP contribution in [0, 0.1) is 13.8 Å². The second kappa shape index (κ2) is 10.0. The van der Waals surface area contributed by atoms with E-state index in [0.29, 0.717) is 38.4 Å². The highest BCUT2D eigenvalue weighted by atomic mass is 16.5. The molecule has 33 heavy (non-hydrogen) atoms. The highest BCUT2D eigenvalue weighted by molar-refractivity contribution is 5.98. The highest BCUT2D eigenvalue weighted by Gasteiger charge is 2.28. The van der Waals surface area contributed by atoms with Gasteiger partial charge in [0.15, 0.2) is 0 Å². The Morgan fingerprint density at radius 3 is 2.33 bits per heavy atom. The van der Waals surface area contributed by atoms with Crippen LogP contribution in [0.15, 0.2) is 59.1 Å². The Bertz CT molecular complexity index is 1100. The van der Waals surface area contributed by atoms with Crippen LogP contribution in [0.1, 0.15) is 23.9 Å². The molecule has 0 spiro atoms. The summed E-state index contributed by atoms with van der Waals surface area (Å²) in [6.07, 6.45) is 0.299. The number of benzene rings is 2. The van der Waals surface area contributed by atoms with E-state index in [1.807, 2.05) is 80.3 Å². The quantitative estimate of drug-likeness (QED) is 0.625. The second-order valence-electron chi connectivity index (χ2n) is 8.47. The van der Waals surface area contributed by atoms with Crippen molar-refractivity contribution in [2.75, 3.05) is 31.5 Å². The molecule has 1 aliphatic heterocycles. The predicted octanol–water partition coefficient (Wildman–Crippen LogP) is 3.67. The molecule has 4 rings (SSSR count). The zero-order valence-electron chi connectivity index (χ0n) is 19.4. The smallest absolute Gasteiger partial charge is 0.241 e. The van der Waals surface area contributed by atoms with Gasteiger partial charge in [0.05, 0.1) is 18.2 Å². The summed E-state index contributed by atoms with van der Waals surface area (Å²) in [5.41, 5.74) is 4.49. The molecule has 3 aromatic rings. The van der Waals surface area contributed by atoms with Crippen LogP contribution in [-0.4, -0.2) is 59.0 Å². The lowest BCUT2D eigenvalue weighted by molar-refractivity contribution is -0.133. The Hall–Kier alpha value is -3.45. The Balaban J connectivity index is 1.34. The highest BCUT2D eigenvalue weighted by Crippen LogP contribution is 2.28. The number of carbonyl (C=O) groups is 2. The fraction of sp³-hybridized carbons (Fsp3) is 0.346. The molecule has 7 heteroatoms. The van der Waals surface area contributed by atoms with Crippen LogP contribution in [0.5, 0.6) is 0 Å². The lowest BCUT2D eigenvalue weighted by atomic mass is 10.0. The minimum Gasteiger partial charge on any atom is -0.361 e. The van der Waals surface area contributed by atoms with Crippen molar-refractivity contribution in [1.82, 2.24) is 15.0 Å². The van der Waals surface area contributed by atoms with Gasteiger partial charge in [0.2, 0.25) is 11.8 Å². The Morgan fingerprint density at radius 2 is 1.67 bits per heavy atom. The molecule has 0 saturated carbocycles. The molecule has 0 radical (unpaired) electrons. The first-order chi connectivity index (χ1) is 15.9. The summed E-state index contributed by atoms with van der Waals surface area (Å²) in [5, 5.41) is 7.03. The van der Waals surface area contributed by atoms with Crippen LogP contribution in [0.2, 0.25) is 0 Å². The van der Waals surface area contributed by atoms with Crippen molar-refractivity contribution in [1.29, 1.82) is 0 Å². The number of carbonyl (C=O) groups excluding carboxylic acids is 2. The molecule has 1 fully saturated rings. The third-order valence-corrected chi connectivity index (χ3v) is 6.37. The minimum absolute atomic E-state index is 0.0473. The molecule has 1 aliphatic rings. The summed E-state index contributed by atoms with van der Waals surface area (Å²) in [6, 6.07) is 17.6. The average molecular weight is 447 g/mol. The third-order valence-electron chi connectivity index (χ3n) is 6.37. The van der Waals surface area contributed by atoms with Crippen molar-refractivity contribution in [3.05, 3.63) is 71.6 Å². The monoisotopic (exact) mass is 446 g/mol. The maximum Gasteiger partial charge on any atom is 0.241 e. The standard InChI is InChI=1S/C26H30N4O3/c1-18-23(20(3)33-28-18)17-25(31)30-15-13-29(14-16-30)19(2)26(32)27-24-12-8-7-11-22(24)21-9-5-4-6-10-21/h4-12,19H,13-17H2,1-3H3,(H,27,32). The van der Waals surface area contributed by atoms with Crippen molar-refractivity contribution in [3.8, 4) is 11.1 Å². The lowest BCUT2D eigenvalue weighted by Crippen LogP contribution is -2.54. The average Bonchev–Trinajstić information content (AvgIpc) is 3.16. The number of amides is 2. The van der Waals surface area contributed by atoms with Gasteiger partial charge in [-0.15, -0.1) is 0 Å². The van der Waals surface area contributed by atoms with E-state index in [-0.39, 0.29) is 17.9 Å². The first-order valence-corrected chi connectivity index (χ1v) is 11.3. The van der Waals surface area contributed by atoms with Crippen molar-refractivity contribution < 1.29 is 14.1 Å².